The molecule has 0 radical (unpaired) electrons. The smallest absolute Gasteiger partial charge is 0.202 e. The minimum Gasteiger partial charge on any atom is -0.291 e. The summed E-state index contributed by atoms with van der Waals surface area (Å²) in [5, 5.41) is -2.31. The zero-order valence-corrected chi connectivity index (χ0v) is 15.3. The second-order valence-corrected chi connectivity index (χ2v) is 6.70. The van der Waals surface area contributed by atoms with Gasteiger partial charge in [0.15, 0.2) is 0 Å². The third kappa shape index (κ3) is 4.09. The number of ketones is 2. The average Bonchev–Trinajstić information content (AvgIpc) is 2.68. The average molecular weight is 387 g/mol. The minimum absolute atomic E-state index is 0.000758. The Morgan fingerprint density at radius 3 is 1.35 bits per heavy atom. The number of Topliss-reactive ketones (excluding diaryl/α,β-unsaturated/α-hetero) is 2. The number of aliphatic imine (C=N–C) groups is 2. The first kappa shape index (κ1) is 18.5. The first-order chi connectivity index (χ1) is 12.6. The number of carbonyl (C=O) groups excluding carboxylic acids is 2. The van der Waals surface area contributed by atoms with Crippen LogP contribution in [-0.2, 0) is 22.7 Å². The Bertz CT molecular complexity index is 790. The highest BCUT2D eigenvalue weighted by Crippen LogP contribution is 2.20. The Kier molecular flexibility index (Phi) is 5.96. The predicted octanol–water partition coefficient (Wildman–Crippen LogP) is 3.64. The molecule has 1 aliphatic carbocycles. The van der Waals surface area contributed by atoms with Gasteiger partial charge in [-0.25, -0.2) is 0 Å². The fraction of sp³-hybridized carbons (Fsp3) is 0.200. The van der Waals surface area contributed by atoms with E-state index in [0.29, 0.717) is 0 Å². The quantitative estimate of drug-likeness (QED) is 0.753. The molecule has 26 heavy (non-hydrogen) atoms. The predicted molar refractivity (Wildman–Crippen MR) is 104 cm³/mol. The third-order valence-corrected chi connectivity index (χ3v) is 4.80. The summed E-state index contributed by atoms with van der Waals surface area (Å²) >= 11 is 12.4. The molecule has 132 valence electrons. The lowest BCUT2D eigenvalue weighted by molar-refractivity contribution is -0.116. The van der Waals surface area contributed by atoms with Gasteiger partial charge in [0.1, 0.15) is 22.2 Å². The summed E-state index contributed by atoms with van der Waals surface area (Å²) in [6, 6.07) is 18.8. The Morgan fingerprint density at radius 2 is 1.00 bits per heavy atom. The number of hydrogen-bond acceptors (Lipinski definition) is 4. The van der Waals surface area contributed by atoms with E-state index in [9.17, 15) is 9.59 Å². The normalized spacial score (nSPS) is 23.6. The lowest BCUT2D eigenvalue weighted by Crippen LogP contribution is -2.50. The van der Waals surface area contributed by atoms with E-state index in [2.05, 4.69) is 9.98 Å². The molecular formula is C20H16Cl2N2O2. The zero-order valence-electron chi connectivity index (χ0n) is 13.8. The van der Waals surface area contributed by atoms with Crippen LogP contribution in [0.2, 0.25) is 0 Å². The minimum atomic E-state index is -1.16. The summed E-state index contributed by atoms with van der Waals surface area (Å²) in [4.78, 5) is 33.6. The Morgan fingerprint density at radius 1 is 0.654 bits per heavy atom. The van der Waals surface area contributed by atoms with Gasteiger partial charge in [-0.15, -0.1) is 23.2 Å². The molecule has 0 heterocycles. The number of carbonyl (C=O) groups is 2. The summed E-state index contributed by atoms with van der Waals surface area (Å²) in [6.07, 6.45) is 0. The van der Waals surface area contributed by atoms with Gasteiger partial charge in [0.2, 0.25) is 11.6 Å². The molecule has 2 aromatic rings. The molecule has 2 aromatic carbocycles. The molecule has 1 aliphatic rings. The summed E-state index contributed by atoms with van der Waals surface area (Å²) in [6.45, 7) is 0.525. The largest absolute Gasteiger partial charge is 0.291 e. The maximum absolute atomic E-state index is 12.5. The van der Waals surface area contributed by atoms with Gasteiger partial charge >= 0.3 is 0 Å². The summed E-state index contributed by atoms with van der Waals surface area (Å²) in [5.41, 5.74) is 1.83. The van der Waals surface area contributed by atoms with Gasteiger partial charge < -0.3 is 0 Å². The molecule has 0 spiro atoms. The first-order valence-electron chi connectivity index (χ1n) is 8.11. The van der Waals surface area contributed by atoms with Crippen LogP contribution in [0, 0.1) is 0 Å². The Hall–Kier alpha value is -2.30. The van der Waals surface area contributed by atoms with Crippen molar-refractivity contribution in [2.75, 3.05) is 0 Å². The monoisotopic (exact) mass is 386 g/mol. The standard InChI is InChI=1S/C20H16Cl2N2O2/c21-15-17(23-11-13-7-3-1-4-8-13)19(25)16(22)18(20(15)26)24-12-14-9-5-2-6-10-14/h1-10,15-16H,11-12H2. The van der Waals surface area contributed by atoms with Crippen LogP contribution in [0.1, 0.15) is 11.1 Å². The molecular weight excluding hydrogens is 371 g/mol. The number of benzene rings is 2. The van der Waals surface area contributed by atoms with Gasteiger partial charge in [0.05, 0.1) is 13.1 Å². The zero-order chi connectivity index (χ0) is 18.5. The first-order valence-corrected chi connectivity index (χ1v) is 8.98. The molecule has 0 aromatic heterocycles. The van der Waals surface area contributed by atoms with E-state index in [1.165, 1.54) is 0 Å². The van der Waals surface area contributed by atoms with Crippen molar-refractivity contribution >= 4 is 46.2 Å². The molecule has 2 unspecified atom stereocenters. The van der Waals surface area contributed by atoms with Crippen LogP contribution in [0.3, 0.4) is 0 Å². The lowest BCUT2D eigenvalue weighted by Gasteiger charge is -2.22. The Labute approximate surface area is 161 Å². The molecule has 3 rings (SSSR count). The van der Waals surface area contributed by atoms with Crippen molar-refractivity contribution in [3.05, 3.63) is 71.8 Å². The second-order valence-electron chi connectivity index (χ2n) is 5.83. The van der Waals surface area contributed by atoms with E-state index in [-0.39, 0.29) is 24.5 Å². The fourth-order valence-corrected chi connectivity index (χ4v) is 3.17. The van der Waals surface area contributed by atoms with Gasteiger partial charge in [0.25, 0.3) is 0 Å². The molecule has 6 heteroatoms. The van der Waals surface area contributed by atoms with Crippen molar-refractivity contribution in [1.82, 2.24) is 0 Å². The van der Waals surface area contributed by atoms with Crippen LogP contribution in [0.5, 0.6) is 0 Å². The van der Waals surface area contributed by atoms with Gasteiger partial charge in [-0.3, -0.25) is 19.6 Å². The highest BCUT2D eigenvalue weighted by molar-refractivity contribution is 6.79. The molecule has 0 amide bonds. The van der Waals surface area contributed by atoms with E-state index in [1.807, 2.05) is 60.7 Å². The summed E-state index contributed by atoms with van der Waals surface area (Å²) in [7, 11) is 0. The molecule has 0 saturated heterocycles. The third-order valence-electron chi connectivity index (χ3n) is 4.00. The number of halogens is 2. The molecule has 0 N–H and O–H groups in total. The van der Waals surface area contributed by atoms with Gasteiger partial charge in [-0.05, 0) is 11.1 Å². The summed E-state index contributed by atoms with van der Waals surface area (Å²) < 4.78 is 0. The van der Waals surface area contributed by atoms with Crippen molar-refractivity contribution in [3.8, 4) is 0 Å². The van der Waals surface area contributed by atoms with Crippen molar-refractivity contribution in [1.29, 1.82) is 0 Å². The van der Waals surface area contributed by atoms with Crippen LogP contribution >= 0.6 is 23.2 Å². The van der Waals surface area contributed by atoms with E-state index in [4.69, 9.17) is 23.2 Å². The van der Waals surface area contributed by atoms with Crippen LogP contribution < -0.4 is 0 Å². The number of alkyl halides is 2. The van der Waals surface area contributed by atoms with Gasteiger partial charge in [-0.1, -0.05) is 60.7 Å². The van der Waals surface area contributed by atoms with Crippen LogP contribution in [-0.4, -0.2) is 33.7 Å². The van der Waals surface area contributed by atoms with E-state index in [1.54, 1.807) is 0 Å². The highest BCUT2D eigenvalue weighted by atomic mass is 35.5. The van der Waals surface area contributed by atoms with Crippen LogP contribution in [0.15, 0.2) is 70.6 Å². The number of rotatable bonds is 4. The molecule has 0 bridgehead atoms. The maximum Gasteiger partial charge on any atom is 0.202 e. The fourth-order valence-electron chi connectivity index (χ4n) is 2.59. The van der Waals surface area contributed by atoms with E-state index < -0.39 is 22.3 Å². The lowest BCUT2D eigenvalue weighted by atomic mass is 9.92. The SMILES string of the molecule is O=C1C(=NCc2ccccc2)C(Cl)C(=O)C(=NCc2ccccc2)C1Cl. The van der Waals surface area contributed by atoms with E-state index >= 15 is 0 Å². The summed E-state index contributed by atoms with van der Waals surface area (Å²) in [5.74, 6) is -0.928. The maximum atomic E-state index is 12.5. The highest BCUT2D eigenvalue weighted by Gasteiger charge is 2.43. The molecule has 4 nitrogen and oxygen atoms in total. The van der Waals surface area contributed by atoms with Crippen LogP contribution in [0.25, 0.3) is 0 Å². The van der Waals surface area contributed by atoms with E-state index in [0.717, 1.165) is 11.1 Å². The molecule has 1 fully saturated rings. The Balaban J connectivity index is 1.80. The number of hydrogen-bond donors (Lipinski definition) is 0. The topological polar surface area (TPSA) is 58.9 Å². The number of nitrogens with zero attached hydrogens (tertiary/aromatic N) is 2. The molecule has 2 atom stereocenters. The van der Waals surface area contributed by atoms with Crippen molar-refractivity contribution < 1.29 is 9.59 Å². The molecule has 1 saturated carbocycles. The van der Waals surface area contributed by atoms with Gasteiger partial charge in [-0.2, -0.15) is 0 Å². The second kappa shape index (κ2) is 8.39. The molecule has 0 aliphatic heterocycles. The van der Waals surface area contributed by atoms with Crippen molar-refractivity contribution in [2.45, 2.75) is 23.8 Å². The van der Waals surface area contributed by atoms with Crippen LogP contribution in [0.4, 0.5) is 0 Å². The van der Waals surface area contributed by atoms with Crippen molar-refractivity contribution in [2.24, 2.45) is 9.98 Å². The van der Waals surface area contributed by atoms with Gasteiger partial charge in [0, 0.05) is 0 Å². The van der Waals surface area contributed by atoms with Crippen molar-refractivity contribution in [3.63, 3.8) is 0 Å².